The summed E-state index contributed by atoms with van der Waals surface area (Å²) in [5, 5.41) is 8.95. The zero-order valence-electron chi connectivity index (χ0n) is 18.7. The van der Waals surface area contributed by atoms with Gasteiger partial charge in [-0.3, -0.25) is 9.59 Å². The first-order valence-electron chi connectivity index (χ1n) is 12.0. The molecule has 0 N–H and O–H groups in total. The molecule has 1 aliphatic carbocycles. The molecule has 4 rings (SSSR count). The maximum absolute atomic E-state index is 12.7. The number of likely N-dealkylation sites (tertiary alicyclic amines) is 1. The minimum atomic E-state index is 0.273. The van der Waals surface area contributed by atoms with Crippen LogP contribution in [0.4, 0.5) is 0 Å². The molecule has 0 radical (unpaired) electrons. The van der Waals surface area contributed by atoms with Gasteiger partial charge in [0.2, 0.25) is 11.8 Å². The number of aromatic nitrogens is 3. The van der Waals surface area contributed by atoms with Crippen molar-refractivity contribution in [2.45, 2.75) is 90.6 Å². The largest absolute Gasteiger partial charge is 0.343 e. The topological polar surface area (TPSA) is 71.3 Å². The Balaban J connectivity index is 1.29. The summed E-state index contributed by atoms with van der Waals surface area (Å²) in [6.07, 6.45) is 9.52. The monoisotopic (exact) mass is 415 g/mol. The maximum atomic E-state index is 12.7. The first-order chi connectivity index (χ1) is 14.5. The molecular weight excluding hydrogens is 378 g/mol. The van der Waals surface area contributed by atoms with Gasteiger partial charge in [-0.05, 0) is 31.1 Å². The fraction of sp³-hybridized carbons (Fsp3) is 0.826. The van der Waals surface area contributed by atoms with Crippen LogP contribution in [0.2, 0.25) is 0 Å². The van der Waals surface area contributed by atoms with Gasteiger partial charge in [0.15, 0.2) is 5.82 Å². The smallest absolute Gasteiger partial charge is 0.223 e. The summed E-state index contributed by atoms with van der Waals surface area (Å²) in [6.45, 7) is 7.94. The summed E-state index contributed by atoms with van der Waals surface area (Å²) >= 11 is 0. The van der Waals surface area contributed by atoms with E-state index in [4.69, 9.17) is 0 Å². The van der Waals surface area contributed by atoms with Crippen molar-refractivity contribution in [2.75, 3.05) is 19.6 Å². The second-order valence-corrected chi connectivity index (χ2v) is 9.88. The lowest BCUT2D eigenvalue weighted by Crippen LogP contribution is -2.40. The molecule has 30 heavy (non-hydrogen) atoms. The molecule has 3 heterocycles. The van der Waals surface area contributed by atoms with E-state index in [9.17, 15) is 9.59 Å². The van der Waals surface area contributed by atoms with Gasteiger partial charge in [-0.15, -0.1) is 10.2 Å². The zero-order chi connectivity index (χ0) is 21.1. The fourth-order valence-electron chi connectivity index (χ4n) is 5.35. The molecule has 0 spiro atoms. The van der Waals surface area contributed by atoms with Crippen molar-refractivity contribution in [1.82, 2.24) is 24.6 Å². The number of nitrogens with zero attached hydrogens (tertiary/aromatic N) is 5. The highest BCUT2D eigenvalue weighted by atomic mass is 16.2. The van der Waals surface area contributed by atoms with Crippen LogP contribution in [0.3, 0.4) is 0 Å². The van der Waals surface area contributed by atoms with Gasteiger partial charge in [-0.2, -0.15) is 0 Å². The molecule has 1 saturated heterocycles. The van der Waals surface area contributed by atoms with Gasteiger partial charge < -0.3 is 14.4 Å². The standard InChI is InChI=1S/C23H37N5O2/c1-17(2)15-22(30)26-11-9-19(10-12-26)23-25-24-20-16-27(13-14-28(20)23)21(29)8-7-18-5-3-4-6-18/h17-19H,3-16H2,1-2H3. The number of hydrogen-bond acceptors (Lipinski definition) is 4. The molecule has 7 heteroatoms. The third-order valence-corrected chi connectivity index (χ3v) is 7.17. The van der Waals surface area contributed by atoms with E-state index in [1.807, 2.05) is 9.80 Å². The van der Waals surface area contributed by atoms with Crippen molar-refractivity contribution in [1.29, 1.82) is 0 Å². The van der Waals surface area contributed by atoms with Crippen molar-refractivity contribution < 1.29 is 9.59 Å². The Bertz CT molecular complexity index is 745. The Morgan fingerprint density at radius 2 is 1.67 bits per heavy atom. The van der Waals surface area contributed by atoms with E-state index in [2.05, 4.69) is 28.6 Å². The van der Waals surface area contributed by atoms with Gasteiger partial charge in [0, 0.05) is 44.9 Å². The van der Waals surface area contributed by atoms with E-state index in [0.717, 1.165) is 63.0 Å². The van der Waals surface area contributed by atoms with E-state index in [1.54, 1.807) is 0 Å². The lowest BCUT2D eigenvalue weighted by Gasteiger charge is -2.33. The summed E-state index contributed by atoms with van der Waals surface area (Å²) in [7, 11) is 0. The quantitative estimate of drug-likeness (QED) is 0.714. The van der Waals surface area contributed by atoms with Crippen LogP contribution in [0.15, 0.2) is 0 Å². The lowest BCUT2D eigenvalue weighted by atomic mass is 9.95. The summed E-state index contributed by atoms with van der Waals surface area (Å²) in [5.74, 6) is 4.05. The molecule has 3 aliphatic rings. The molecule has 1 saturated carbocycles. The van der Waals surface area contributed by atoms with Crippen molar-refractivity contribution in [2.24, 2.45) is 11.8 Å². The second-order valence-electron chi connectivity index (χ2n) is 9.88. The van der Waals surface area contributed by atoms with Crippen LogP contribution < -0.4 is 0 Å². The van der Waals surface area contributed by atoms with Crippen LogP contribution in [-0.4, -0.2) is 56.0 Å². The number of piperidine rings is 1. The summed E-state index contributed by atoms with van der Waals surface area (Å²) < 4.78 is 2.23. The Morgan fingerprint density at radius 1 is 0.933 bits per heavy atom. The van der Waals surface area contributed by atoms with E-state index >= 15 is 0 Å². The summed E-state index contributed by atoms with van der Waals surface area (Å²) in [6, 6.07) is 0. The van der Waals surface area contributed by atoms with Crippen LogP contribution in [0.1, 0.15) is 89.2 Å². The fourth-order valence-corrected chi connectivity index (χ4v) is 5.35. The summed E-state index contributed by atoms with van der Waals surface area (Å²) in [4.78, 5) is 29.0. The number of rotatable bonds is 6. The van der Waals surface area contributed by atoms with Crippen LogP contribution >= 0.6 is 0 Å². The molecule has 0 aromatic carbocycles. The van der Waals surface area contributed by atoms with Gasteiger partial charge in [0.25, 0.3) is 0 Å². The lowest BCUT2D eigenvalue weighted by molar-refractivity contribution is -0.133. The molecule has 1 aromatic rings. The van der Waals surface area contributed by atoms with Crippen LogP contribution in [-0.2, 0) is 22.7 Å². The zero-order valence-corrected chi connectivity index (χ0v) is 18.7. The molecule has 1 aromatic heterocycles. The van der Waals surface area contributed by atoms with Crippen LogP contribution in [0, 0.1) is 11.8 Å². The average molecular weight is 416 g/mol. The predicted molar refractivity (Wildman–Crippen MR) is 115 cm³/mol. The Kier molecular flexibility index (Phi) is 6.74. The van der Waals surface area contributed by atoms with Crippen molar-refractivity contribution in [3.8, 4) is 0 Å². The van der Waals surface area contributed by atoms with Crippen molar-refractivity contribution in [3.63, 3.8) is 0 Å². The number of fused-ring (bicyclic) bond motifs is 1. The minimum absolute atomic E-state index is 0.273. The van der Waals surface area contributed by atoms with Crippen LogP contribution in [0.25, 0.3) is 0 Å². The SMILES string of the molecule is CC(C)CC(=O)N1CCC(c2nnc3n2CCN(C(=O)CCC2CCCC2)C3)CC1. The molecule has 0 atom stereocenters. The Morgan fingerprint density at radius 3 is 2.37 bits per heavy atom. The highest BCUT2D eigenvalue weighted by Crippen LogP contribution is 2.30. The van der Waals surface area contributed by atoms with Crippen molar-refractivity contribution in [3.05, 3.63) is 11.6 Å². The normalized spacial score (nSPS) is 20.8. The number of hydrogen-bond donors (Lipinski definition) is 0. The molecule has 0 unspecified atom stereocenters. The Hall–Kier alpha value is -1.92. The number of carbonyl (C=O) groups excluding carboxylic acids is 2. The Labute approximate surface area is 180 Å². The van der Waals surface area contributed by atoms with E-state index in [1.165, 1.54) is 25.7 Å². The maximum Gasteiger partial charge on any atom is 0.223 e. The highest BCUT2D eigenvalue weighted by Gasteiger charge is 2.31. The first kappa shape index (κ1) is 21.3. The van der Waals surface area contributed by atoms with Crippen LogP contribution in [0.5, 0.6) is 0 Å². The van der Waals surface area contributed by atoms with Gasteiger partial charge in [-0.25, -0.2) is 0 Å². The number of amides is 2. The minimum Gasteiger partial charge on any atom is -0.343 e. The first-order valence-corrected chi connectivity index (χ1v) is 12.0. The van der Waals surface area contributed by atoms with Gasteiger partial charge in [0.05, 0.1) is 6.54 Å². The molecule has 2 aliphatic heterocycles. The molecule has 2 fully saturated rings. The molecule has 166 valence electrons. The molecular formula is C23H37N5O2. The third-order valence-electron chi connectivity index (χ3n) is 7.17. The number of carbonyl (C=O) groups is 2. The average Bonchev–Trinajstić information content (AvgIpc) is 3.41. The van der Waals surface area contributed by atoms with E-state index in [0.29, 0.717) is 31.2 Å². The molecule has 0 bridgehead atoms. The van der Waals surface area contributed by atoms with E-state index < -0.39 is 0 Å². The second kappa shape index (κ2) is 9.48. The van der Waals surface area contributed by atoms with Gasteiger partial charge >= 0.3 is 0 Å². The molecule has 2 amide bonds. The van der Waals surface area contributed by atoms with Gasteiger partial charge in [0.1, 0.15) is 5.82 Å². The molecule has 7 nitrogen and oxygen atoms in total. The summed E-state index contributed by atoms with van der Waals surface area (Å²) in [5.41, 5.74) is 0. The van der Waals surface area contributed by atoms with Crippen molar-refractivity contribution >= 4 is 11.8 Å². The van der Waals surface area contributed by atoms with Gasteiger partial charge in [-0.1, -0.05) is 39.5 Å². The third kappa shape index (κ3) is 4.86. The van der Waals surface area contributed by atoms with E-state index in [-0.39, 0.29) is 11.8 Å². The highest BCUT2D eigenvalue weighted by molar-refractivity contribution is 5.76. The predicted octanol–water partition coefficient (Wildman–Crippen LogP) is 3.34.